The van der Waals surface area contributed by atoms with Crippen LogP contribution in [0.2, 0.25) is 0 Å². The Kier molecular flexibility index (Phi) is 4.78. The number of halogens is 1. The highest BCUT2D eigenvalue weighted by molar-refractivity contribution is 9.10. The van der Waals surface area contributed by atoms with E-state index >= 15 is 0 Å². The van der Waals surface area contributed by atoms with Gasteiger partial charge in [0.15, 0.2) is 6.61 Å². The summed E-state index contributed by atoms with van der Waals surface area (Å²) in [6.45, 7) is 0.0342. The average Bonchev–Trinajstić information content (AvgIpc) is 3.36. The molecule has 1 atom stereocenters. The molecule has 1 N–H and O–H groups in total. The van der Waals surface area contributed by atoms with Crippen LogP contribution in [0.4, 0.5) is 0 Å². The van der Waals surface area contributed by atoms with Crippen LogP contribution in [0.25, 0.3) is 0 Å². The first-order valence-electron chi connectivity index (χ1n) is 7.45. The zero-order valence-electron chi connectivity index (χ0n) is 12.2. The zero-order valence-corrected chi connectivity index (χ0v) is 13.8. The number of benzene rings is 2. The molecule has 0 radical (unpaired) electrons. The van der Waals surface area contributed by atoms with Gasteiger partial charge < -0.3 is 10.1 Å². The first-order chi connectivity index (χ1) is 10.7. The molecule has 114 valence electrons. The van der Waals surface area contributed by atoms with Crippen LogP contribution >= 0.6 is 15.9 Å². The van der Waals surface area contributed by atoms with Crippen LogP contribution in [0.5, 0.6) is 5.75 Å². The van der Waals surface area contributed by atoms with Crippen LogP contribution < -0.4 is 10.1 Å². The van der Waals surface area contributed by atoms with Crippen molar-refractivity contribution >= 4 is 21.8 Å². The third kappa shape index (κ3) is 4.10. The van der Waals surface area contributed by atoms with Gasteiger partial charge in [-0.1, -0.05) is 52.3 Å². The van der Waals surface area contributed by atoms with Crippen molar-refractivity contribution in [3.05, 3.63) is 64.6 Å². The second-order valence-electron chi connectivity index (χ2n) is 5.54. The molecule has 22 heavy (non-hydrogen) atoms. The highest BCUT2D eigenvalue weighted by Gasteiger charge is 2.33. The van der Waals surface area contributed by atoms with Crippen LogP contribution in [0.3, 0.4) is 0 Å². The highest BCUT2D eigenvalue weighted by atomic mass is 79.9. The molecular formula is C18H18BrNO2. The van der Waals surface area contributed by atoms with Crippen LogP contribution in [0.15, 0.2) is 59.1 Å². The van der Waals surface area contributed by atoms with Crippen LogP contribution in [0.1, 0.15) is 24.4 Å². The van der Waals surface area contributed by atoms with Crippen molar-refractivity contribution in [2.45, 2.75) is 18.9 Å². The molecule has 0 aromatic heterocycles. The molecule has 3 rings (SSSR count). The molecular weight excluding hydrogens is 342 g/mol. The van der Waals surface area contributed by atoms with Gasteiger partial charge in [0.05, 0.1) is 6.04 Å². The number of amides is 1. The third-order valence-electron chi connectivity index (χ3n) is 3.73. The lowest BCUT2D eigenvalue weighted by molar-refractivity contribution is -0.124. The zero-order chi connectivity index (χ0) is 15.4. The molecule has 1 fully saturated rings. The molecule has 4 heteroatoms. The fourth-order valence-corrected chi connectivity index (χ4v) is 2.86. The van der Waals surface area contributed by atoms with Crippen molar-refractivity contribution in [2.75, 3.05) is 6.61 Å². The van der Waals surface area contributed by atoms with Crippen molar-refractivity contribution in [3.63, 3.8) is 0 Å². The number of hydrogen-bond donors (Lipinski definition) is 1. The Labute approximate surface area is 138 Å². The fraction of sp³-hybridized carbons (Fsp3) is 0.278. The third-order valence-corrected chi connectivity index (χ3v) is 4.23. The first-order valence-corrected chi connectivity index (χ1v) is 8.24. The molecule has 3 nitrogen and oxygen atoms in total. The number of hydrogen-bond acceptors (Lipinski definition) is 2. The molecule has 1 amide bonds. The fourth-order valence-electron chi connectivity index (χ4n) is 2.48. The second-order valence-corrected chi connectivity index (χ2v) is 6.46. The molecule has 0 heterocycles. The number of carbonyl (C=O) groups is 1. The molecule has 2 aromatic rings. The van der Waals surface area contributed by atoms with Gasteiger partial charge in [0.2, 0.25) is 0 Å². The van der Waals surface area contributed by atoms with Crippen molar-refractivity contribution in [3.8, 4) is 5.75 Å². The normalized spacial score (nSPS) is 15.1. The van der Waals surface area contributed by atoms with Gasteiger partial charge in [0, 0.05) is 4.47 Å². The maximum atomic E-state index is 12.2. The van der Waals surface area contributed by atoms with Crippen molar-refractivity contribution in [1.82, 2.24) is 5.32 Å². The summed E-state index contributed by atoms with van der Waals surface area (Å²) >= 11 is 3.39. The SMILES string of the molecule is O=C(COc1cccc(Br)c1)NC(c1ccccc1)C1CC1. The Balaban J connectivity index is 1.58. The van der Waals surface area contributed by atoms with Crippen molar-refractivity contribution in [1.29, 1.82) is 0 Å². The smallest absolute Gasteiger partial charge is 0.258 e. The summed E-state index contributed by atoms with van der Waals surface area (Å²) < 4.78 is 6.48. The molecule has 0 spiro atoms. The minimum absolute atomic E-state index is 0.0342. The molecule has 0 bridgehead atoms. The summed E-state index contributed by atoms with van der Waals surface area (Å²) in [5, 5.41) is 3.10. The number of nitrogens with one attached hydrogen (secondary N) is 1. The van der Waals surface area contributed by atoms with Gasteiger partial charge >= 0.3 is 0 Å². The van der Waals surface area contributed by atoms with Crippen LogP contribution in [-0.2, 0) is 4.79 Å². The molecule has 1 aliphatic carbocycles. The molecule has 1 unspecified atom stereocenters. The van der Waals surface area contributed by atoms with E-state index in [2.05, 4.69) is 33.4 Å². The van der Waals surface area contributed by atoms with Gasteiger partial charge in [0.25, 0.3) is 5.91 Å². The molecule has 1 saturated carbocycles. The first kappa shape index (κ1) is 15.1. The predicted molar refractivity (Wildman–Crippen MR) is 89.7 cm³/mol. The van der Waals surface area contributed by atoms with Gasteiger partial charge in [0.1, 0.15) is 5.75 Å². The molecule has 0 aliphatic heterocycles. The highest BCUT2D eigenvalue weighted by Crippen LogP contribution is 2.40. The molecule has 0 saturated heterocycles. The van der Waals surface area contributed by atoms with E-state index in [4.69, 9.17) is 4.74 Å². The Morgan fingerprint density at radius 1 is 1.18 bits per heavy atom. The lowest BCUT2D eigenvalue weighted by atomic mass is 10.0. The quantitative estimate of drug-likeness (QED) is 0.843. The molecule has 2 aromatic carbocycles. The number of rotatable bonds is 6. The summed E-state index contributed by atoms with van der Waals surface area (Å²) in [6.07, 6.45) is 2.35. The van der Waals surface area contributed by atoms with E-state index in [1.807, 2.05) is 42.5 Å². The Morgan fingerprint density at radius 2 is 1.95 bits per heavy atom. The van der Waals surface area contributed by atoms with Gasteiger partial charge in [-0.15, -0.1) is 0 Å². The van der Waals surface area contributed by atoms with E-state index < -0.39 is 0 Å². The largest absolute Gasteiger partial charge is 0.484 e. The maximum Gasteiger partial charge on any atom is 0.258 e. The van der Waals surface area contributed by atoms with Crippen molar-refractivity contribution in [2.24, 2.45) is 5.92 Å². The Hall–Kier alpha value is -1.81. The van der Waals surface area contributed by atoms with Gasteiger partial charge in [-0.2, -0.15) is 0 Å². The lowest BCUT2D eigenvalue weighted by Gasteiger charge is -2.19. The van der Waals surface area contributed by atoms with E-state index in [-0.39, 0.29) is 18.6 Å². The van der Waals surface area contributed by atoms with E-state index in [0.29, 0.717) is 11.7 Å². The topological polar surface area (TPSA) is 38.3 Å². The monoisotopic (exact) mass is 359 g/mol. The summed E-state index contributed by atoms with van der Waals surface area (Å²) in [4.78, 5) is 12.2. The van der Waals surface area contributed by atoms with E-state index in [1.165, 1.54) is 18.4 Å². The standard InChI is InChI=1S/C18H18BrNO2/c19-15-7-4-8-16(11-15)22-12-17(21)20-18(14-9-10-14)13-5-2-1-3-6-13/h1-8,11,14,18H,9-10,12H2,(H,20,21). The van der Waals surface area contributed by atoms with Crippen molar-refractivity contribution < 1.29 is 9.53 Å². The minimum Gasteiger partial charge on any atom is -0.484 e. The van der Waals surface area contributed by atoms with Gasteiger partial charge in [-0.05, 0) is 42.5 Å². The average molecular weight is 360 g/mol. The number of carbonyl (C=O) groups excluding carboxylic acids is 1. The van der Waals surface area contributed by atoms with Crippen LogP contribution in [-0.4, -0.2) is 12.5 Å². The minimum atomic E-state index is -0.0827. The van der Waals surface area contributed by atoms with E-state index in [9.17, 15) is 4.79 Å². The summed E-state index contributed by atoms with van der Waals surface area (Å²) in [7, 11) is 0. The predicted octanol–water partition coefficient (Wildman–Crippen LogP) is 4.10. The van der Waals surface area contributed by atoms with E-state index in [1.54, 1.807) is 0 Å². The summed E-state index contributed by atoms with van der Waals surface area (Å²) in [5.41, 5.74) is 1.17. The van der Waals surface area contributed by atoms with Gasteiger partial charge in [-0.25, -0.2) is 0 Å². The Morgan fingerprint density at radius 3 is 2.64 bits per heavy atom. The Bertz CT molecular complexity index is 641. The van der Waals surface area contributed by atoms with Gasteiger partial charge in [-0.3, -0.25) is 4.79 Å². The second kappa shape index (κ2) is 6.97. The summed E-state index contributed by atoms with van der Waals surface area (Å²) in [5.74, 6) is 1.16. The number of ether oxygens (including phenoxy) is 1. The molecule has 1 aliphatic rings. The van der Waals surface area contributed by atoms with Crippen LogP contribution in [0, 0.1) is 5.92 Å². The summed E-state index contributed by atoms with van der Waals surface area (Å²) in [6, 6.07) is 17.7. The maximum absolute atomic E-state index is 12.2. The van der Waals surface area contributed by atoms with E-state index in [0.717, 1.165) is 4.47 Å². The lowest BCUT2D eigenvalue weighted by Crippen LogP contribution is -2.33.